The summed E-state index contributed by atoms with van der Waals surface area (Å²) in [6, 6.07) is 12.8. The fraction of sp³-hybridized carbons (Fsp3) is 0.167. The second-order valence-electron chi connectivity index (χ2n) is 5.59. The number of hydrogen-bond donors (Lipinski definition) is 1. The highest BCUT2D eigenvalue weighted by molar-refractivity contribution is 6.06. The van der Waals surface area contributed by atoms with Crippen LogP contribution >= 0.6 is 0 Å². The fourth-order valence-corrected chi connectivity index (χ4v) is 2.19. The van der Waals surface area contributed by atoms with Crippen molar-refractivity contribution in [2.24, 2.45) is 0 Å². The van der Waals surface area contributed by atoms with Crippen LogP contribution in [0.2, 0.25) is 0 Å². The van der Waals surface area contributed by atoms with Crippen molar-refractivity contribution in [2.75, 3.05) is 5.32 Å². The molecule has 0 saturated heterocycles. The molecule has 1 aromatic heterocycles. The van der Waals surface area contributed by atoms with Crippen LogP contribution in [-0.4, -0.2) is 16.0 Å². The van der Waals surface area contributed by atoms with Gasteiger partial charge in [0.2, 0.25) is 0 Å². The summed E-state index contributed by atoms with van der Waals surface area (Å²) in [5.74, 6) is -0.0949. The standard InChI is InChI=1S/C18H16FN3O2/c1-11(2)16-21-18(24-22-16)13-8-4-6-10-15(13)20-17(23)12-7-3-5-9-14(12)19/h3-11H,1-2H3,(H,20,23). The highest BCUT2D eigenvalue weighted by Gasteiger charge is 2.17. The minimum atomic E-state index is -0.577. The van der Waals surface area contributed by atoms with E-state index >= 15 is 0 Å². The zero-order valence-electron chi connectivity index (χ0n) is 13.3. The van der Waals surface area contributed by atoms with Crippen LogP contribution < -0.4 is 5.32 Å². The van der Waals surface area contributed by atoms with Crippen molar-refractivity contribution in [3.05, 3.63) is 65.7 Å². The molecule has 2 aromatic carbocycles. The molecule has 1 heterocycles. The Balaban J connectivity index is 1.92. The van der Waals surface area contributed by atoms with Crippen LogP contribution in [0.1, 0.15) is 35.9 Å². The van der Waals surface area contributed by atoms with E-state index in [9.17, 15) is 9.18 Å². The van der Waals surface area contributed by atoms with E-state index in [1.807, 2.05) is 13.8 Å². The average Bonchev–Trinajstić information content (AvgIpc) is 3.06. The van der Waals surface area contributed by atoms with Gasteiger partial charge in [-0.2, -0.15) is 4.98 Å². The topological polar surface area (TPSA) is 68.0 Å². The van der Waals surface area contributed by atoms with Crippen LogP contribution in [0.25, 0.3) is 11.5 Å². The lowest BCUT2D eigenvalue weighted by Gasteiger charge is -2.09. The Labute approximate surface area is 138 Å². The Morgan fingerprint density at radius 1 is 1.12 bits per heavy atom. The molecule has 0 atom stereocenters. The lowest BCUT2D eigenvalue weighted by Crippen LogP contribution is -2.14. The van der Waals surface area contributed by atoms with Gasteiger partial charge in [-0.1, -0.05) is 43.3 Å². The highest BCUT2D eigenvalue weighted by atomic mass is 19.1. The maximum atomic E-state index is 13.8. The average molecular weight is 325 g/mol. The molecule has 0 aliphatic rings. The summed E-state index contributed by atoms with van der Waals surface area (Å²) in [7, 11) is 0. The highest BCUT2D eigenvalue weighted by Crippen LogP contribution is 2.28. The van der Waals surface area contributed by atoms with E-state index in [1.54, 1.807) is 30.3 Å². The third kappa shape index (κ3) is 3.17. The van der Waals surface area contributed by atoms with Crippen LogP contribution in [0.15, 0.2) is 53.1 Å². The molecule has 6 heteroatoms. The van der Waals surface area contributed by atoms with E-state index in [4.69, 9.17) is 4.52 Å². The number of nitrogens with one attached hydrogen (secondary N) is 1. The van der Waals surface area contributed by atoms with E-state index in [1.165, 1.54) is 18.2 Å². The number of hydrogen-bond acceptors (Lipinski definition) is 4. The normalized spacial score (nSPS) is 10.8. The quantitative estimate of drug-likeness (QED) is 0.778. The van der Waals surface area contributed by atoms with E-state index in [-0.39, 0.29) is 11.5 Å². The maximum Gasteiger partial charge on any atom is 0.260 e. The van der Waals surface area contributed by atoms with Gasteiger partial charge >= 0.3 is 0 Å². The first-order valence-corrected chi connectivity index (χ1v) is 7.55. The molecule has 0 bridgehead atoms. The summed E-state index contributed by atoms with van der Waals surface area (Å²) in [4.78, 5) is 16.6. The van der Waals surface area contributed by atoms with Gasteiger partial charge in [0.15, 0.2) is 5.82 Å². The van der Waals surface area contributed by atoms with Crippen molar-refractivity contribution >= 4 is 11.6 Å². The van der Waals surface area contributed by atoms with Crippen LogP contribution in [-0.2, 0) is 0 Å². The molecule has 0 aliphatic carbocycles. The number of para-hydroxylation sites is 1. The number of anilines is 1. The molecule has 0 saturated carbocycles. The molecule has 3 aromatic rings. The second kappa shape index (κ2) is 6.62. The molecule has 0 radical (unpaired) electrons. The third-order valence-electron chi connectivity index (χ3n) is 3.48. The van der Waals surface area contributed by atoms with Crippen molar-refractivity contribution in [3.8, 4) is 11.5 Å². The van der Waals surface area contributed by atoms with Crippen LogP contribution in [0.4, 0.5) is 10.1 Å². The predicted molar refractivity (Wildman–Crippen MR) is 88.2 cm³/mol. The minimum Gasteiger partial charge on any atom is -0.334 e. The molecule has 24 heavy (non-hydrogen) atoms. The van der Waals surface area contributed by atoms with E-state index < -0.39 is 11.7 Å². The Hall–Kier alpha value is -3.02. The Bertz CT molecular complexity index is 874. The first-order valence-electron chi connectivity index (χ1n) is 7.55. The van der Waals surface area contributed by atoms with Gasteiger partial charge in [-0.25, -0.2) is 4.39 Å². The summed E-state index contributed by atoms with van der Waals surface area (Å²) >= 11 is 0. The van der Waals surface area contributed by atoms with Gasteiger partial charge in [-0.05, 0) is 24.3 Å². The number of rotatable bonds is 4. The van der Waals surface area contributed by atoms with Crippen LogP contribution in [0, 0.1) is 5.82 Å². The van der Waals surface area contributed by atoms with Crippen LogP contribution in [0.3, 0.4) is 0 Å². The third-order valence-corrected chi connectivity index (χ3v) is 3.48. The molecular formula is C18H16FN3O2. The smallest absolute Gasteiger partial charge is 0.260 e. The monoisotopic (exact) mass is 325 g/mol. The first kappa shape index (κ1) is 15.9. The minimum absolute atomic E-state index is 0.0271. The van der Waals surface area contributed by atoms with E-state index in [0.29, 0.717) is 23.0 Å². The number of carbonyl (C=O) groups excluding carboxylic acids is 1. The molecule has 3 rings (SSSR count). The number of amides is 1. The van der Waals surface area contributed by atoms with Crippen molar-refractivity contribution in [3.63, 3.8) is 0 Å². The van der Waals surface area contributed by atoms with E-state index in [2.05, 4.69) is 15.5 Å². The molecule has 0 spiro atoms. The summed E-state index contributed by atoms with van der Waals surface area (Å²) in [6.07, 6.45) is 0. The largest absolute Gasteiger partial charge is 0.334 e. The van der Waals surface area contributed by atoms with Crippen molar-refractivity contribution < 1.29 is 13.7 Å². The van der Waals surface area contributed by atoms with Gasteiger partial charge in [0.1, 0.15) is 5.82 Å². The molecule has 5 nitrogen and oxygen atoms in total. The Morgan fingerprint density at radius 2 is 1.83 bits per heavy atom. The molecule has 0 unspecified atom stereocenters. The Kier molecular flexibility index (Phi) is 4.37. The molecule has 1 N–H and O–H groups in total. The number of halogens is 1. The summed E-state index contributed by atoms with van der Waals surface area (Å²) in [6.45, 7) is 3.92. The predicted octanol–water partition coefficient (Wildman–Crippen LogP) is 4.25. The van der Waals surface area contributed by atoms with Gasteiger partial charge in [-0.15, -0.1) is 0 Å². The molecule has 0 aliphatic heterocycles. The SMILES string of the molecule is CC(C)c1noc(-c2ccccc2NC(=O)c2ccccc2F)n1. The summed E-state index contributed by atoms with van der Waals surface area (Å²) in [5.41, 5.74) is 1.03. The summed E-state index contributed by atoms with van der Waals surface area (Å²) in [5, 5.41) is 6.62. The van der Waals surface area contributed by atoms with Crippen LogP contribution in [0.5, 0.6) is 0 Å². The molecule has 122 valence electrons. The van der Waals surface area contributed by atoms with Gasteiger partial charge in [0, 0.05) is 5.92 Å². The lowest BCUT2D eigenvalue weighted by atomic mass is 10.1. The Morgan fingerprint density at radius 3 is 2.54 bits per heavy atom. The molecule has 1 amide bonds. The van der Waals surface area contributed by atoms with Gasteiger partial charge < -0.3 is 9.84 Å². The number of nitrogens with zero attached hydrogens (tertiary/aromatic N) is 2. The van der Waals surface area contributed by atoms with Gasteiger partial charge in [0.25, 0.3) is 11.8 Å². The lowest BCUT2D eigenvalue weighted by molar-refractivity contribution is 0.102. The van der Waals surface area contributed by atoms with E-state index in [0.717, 1.165) is 0 Å². The van der Waals surface area contributed by atoms with Gasteiger partial charge in [-0.3, -0.25) is 4.79 Å². The number of aromatic nitrogens is 2. The second-order valence-corrected chi connectivity index (χ2v) is 5.59. The maximum absolute atomic E-state index is 13.8. The summed E-state index contributed by atoms with van der Waals surface area (Å²) < 4.78 is 19.0. The fourth-order valence-electron chi connectivity index (χ4n) is 2.19. The zero-order valence-corrected chi connectivity index (χ0v) is 13.3. The number of carbonyl (C=O) groups is 1. The number of benzene rings is 2. The van der Waals surface area contributed by atoms with Crippen molar-refractivity contribution in [1.29, 1.82) is 0 Å². The van der Waals surface area contributed by atoms with Gasteiger partial charge in [0.05, 0.1) is 16.8 Å². The van der Waals surface area contributed by atoms with Crippen molar-refractivity contribution in [2.45, 2.75) is 19.8 Å². The zero-order chi connectivity index (χ0) is 17.1. The first-order chi connectivity index (χ1) is 11.6. The van der Waals surface area contributed by atoms with Crippen molar-refractivity contribution in [1.82, 2.24) is 10.1 Å². The molecule has 0 fully saturated rings. The molecular weight excluding hydrogens is 309 g/mol.